The molecule has 0 saturated carbocycles. The van der Waals surface area contributed by atoms with Gasteiger partial charge in [-0.2, -0.15) is 4.31 Å². The molecule has 1 aliphatic heterocycles. The second-order valence-electron chi connectivity index (χ2n) is 6.85. The molecule has 0 aliphatic carbocycles. The van der Waals surface area contributed by atoms with E-state index in [-0.39, 0.29) is 5.92 Å². The third kappa shape index (κ3) is 3.89. The molecule has 130 valence electrons. The number of hydrogen-bond acceptors (Lipinski definition) is 3. The fourth-order valence-electron chi connectivity index (χ4n) is 3.27. The van der Waals surface area contributed by atoms with E-state index >= 15 is 0 Å². The first-order chi connectivity index (χ1) is 10.8. The first-order valence-corrected chi connectivity index (χ1v) is 9.98. The average molecular weight is 340 g/mol. The van der Waals surface area contributed by atoms with E-state index < -0.39 is 10.0 Å². The Morgan fingerprint density at radius 2 is 2.04 bits per heavy atom. The fraction of sp³-hybridized carbons (Fsp3) is 0.667. The van der Waals surface area contributed by atoms with Crippen LogP contribution in [0, 0.1) is 12.8 Å². The lowest BCUT2D eigenvalue weighted by molar-refractivity contribution is 0.278. The van der Waals surface area contributed by atoms with E-state index in [0.29, 0.717) is 36.3 Å². The standard InChI is InChI=1S/C18H29NO3S/c1-6-22-17-10-15(5)16(13(2)3)11-18(17)23(20,21)19-9-7-8-14(4)12-19/h10-11,13-14H,6-9,12H2,1-5H3. The van der Waals surface area contributed by atoms with E-state index in [9.17, 15) is 8.42 Å². The second kappa shape index (κ2) is 7.22. The van der Waals surface area contributed by atoms with Crippen molar-refractivity contribution in [3.63, 3.8) is 0 Å². The summed E-state index contributed by atoms with van der Waals surface area (Å²) in [4.78, 5) is 0.322. The van der Waals surface area contributed by atoms with E-state index in [1.54, 1.807) is 4.31 Å². The first-order valence-electron chi connectivity index (χ1n) is 8.54. The third-order valence-electron chi connectivity index (χ3n) is 4.49. The van der Waals surface area contributed by atoms with Crippen LogP contribution in [-0.2, 0) is 10.0 Å². The summed E-state index contributed by atoms with van der Waals surface area (Å²) in [5, 5.41) is 0. The lowest BCUT2D eigenvalue weighted by atomic mass is 9.98. The lowest BCUT2D eigenvalue weighted by Crippen LogP contribution is -2.39. The molecule has 0 amide bonds. The van der Waals surface area contributed by atoms with Crippen LogP contribution in [0.2, 0.25) is 0 Å². The molecule has 1 aromatic rings. The third-order valence-corrected chi connectivity index (χ3v) is 6.38. The summed E-state index contributed by atoms with van der Waals surface area (Å²) in [6, 6.07) is 3.69. The molecule has 1 aromatic carbocycles. The number of sulfonamides is 1. The van der Waals surface area contributed by atoms with Gasteiger partial charge in [-0.25, -0.2) is 8.42 Å². The van der Waals surface area contributed by atoms with Crippen molar-refractivity contribution in [2.45, 2.75) is 58.3 Å². The Morgan fingerprint density at radius 1 is 1.35 bits per heavy atom. The molecule has 0 aromatic heterocycles. The summed E-state index contributed by atoms with van der Waals surface area (Å²) >= 11 is 0. The van der Waals surface area contributed by atoms with Gasteiger partial charge in [0.15, 0.2) is 0 Å². The largest absolute Gasteiger partial charge is 0.492 e. The molecule has 23 heavy (non-hydrogen) atoms. The Balaban J connectivity index is 2.52. The highest BCUT2D eigenvalue weighted by Crippen LogP contribution is 2.34. The first kappa shape index (κ1) is 18.3. The van der Waals surface area contributed by atoms with Crippen LogP contribution in [0.15, 0.2) is 17.0 Å². The van der Waals surface area contributed by atoms with Crippen molar-refractivity contribution in [3.05, 3.63) is 23.3 Å². The van der Waals surface area contributed by atoms with Gasteiger partial charge in [0.2, 0.25) is 10.0 Å². The Morgan fingerprint density at radius 3 is 2.61 bits per heavy atom. The highest BCUT2D eigenvalue weighted by atomic mass is 32.2. The van der Waals surface area contributed by atoms with Gasteiger partial charge in [0.25, 0.3) is 0 Å². The number of aryl methyl sites for hydroxylation is 1. The van der Waals surface area contributed by atoms with Crippen LogP contribution >= 0.6 is 0 Å². The van der Waals surface area contributed by atoms with E-state index in [1.807, 2.05) is 26.0 Å². The van der Waals surface area contributed by atoms with E-state index in [4.69, 9.17) is 4.74 Å². The van der Waals surface area contributed by atoms with Crippen molar-refractivity contribution in [1.29, 1.82) is 0 Å². The molecule has 1 aliphatic rings. The van der Waals surface area contributed by atoms with Crippen LogP contribution < -0.4 is 4.74 Å². The van der Waals surface area contributed by atoms with Crippen molar-refractivity contribution in [3.8, 4) is 5.75 Å². The summed E-state index contributed by atoms with van der Waals surface area (Å²) in [5.74, 6) is 1.16. The van der Waals surface area contributed by atoms with Gasteiger partial charge in [-0.15, -0.1) is 0 Å². The monoisotopic (exact) mass is 339 g/mol. The maximum absolute atomic E-state index is 13.2. The van der Waals surface area contributed by atoms with Gasteiger partial charge in [0.05, 0.1) is 6.61 Å². The molecule has 0 bridgehead atoms. The molecule has 1 fully saturated rings. The minimum absolute atomic E-state index is 0.278. The zero-order chi connectivity index (χ0) is 17.2. The van der Waals surface area contributed by atoms with Crippen molar-refractivity contribution in [2.75, 3.05) is 19.7 Å². The molecule has 0 radical (unpaired) electrons. The summed E-state index contributed by atoms with van der Waals surface area (Å²) in [6.45, 7) is 11.8. The van der Waals surface area contributed by atoms with Crippen LogP contribution in [0.3, 0.4) is 0 Å². The van der Waals surface area contributed by atoms with Gasteiger partial charge >= 0.3 is 0 Å². The highest BCUT2D eigenvalue weighted by Gasteiger charge is 2.31. The van der Waals surface area contributed by atoms with Gasteiger partial charge in [-0.1, -0.05) is 20.8 Å². The molecular weight excluding hydrogens is 310 g/mol. The van der Waals surface area contributed by atoms with Crippen molar-refractivity contribution >= 4 is 10.0 Å². The fourth-order valence-corrected chi connectivity index (χ4v) is 5.02. The molecule has 1 atom stereocenters. The minimum Gasteiger partial charge on any atom is -0.492 e. The van der Waals surface area contributed by atoms with Crippen LogP contribution in [0.25, 0.3) is 0 Å². The number of rotatable bonds is 5. The maximum Gasteiger partial charge on any atom is 0.246 e. The topological polar surface area (TPSA) is 46.6 Å². The molecule has 5 heteroatoms. The number of ether oxygens (including phenoxy) is 1. The Bertz CT molecular complexity index is 652. The maximum atomic E-state index is 13.2. The SMILES string of the molecule is CCOc1cc(C)c(C(C)C)cc1S(=O)(=O)N1CCCC(C)C1. The number of hydrogen-bond donors (Lipinski definition) is 0. The summed E-state index contributed by atoms with van der Waals surface area (Å²) in [5.41, 5.74) is 2.14. The molecule has 1 unspecified atom stereocenters. The zero-order valence-corrected chi connectivity index (χ0v) is 15.7. The smallest absolute Gasteiger partial charge is 0.246 e. The predicted octanol–water partition coefficient (Wildman–Crippen LogP) is 3.94. The van der Waals surface area contributed by atoms with Crippen molar-refractivity contribution in [2.24, 2.45) is 5.92 Å². The number of piperidine rings is 1. The summed E-state index contributed by atoms with van der Waals surface area (Å²) < 4.78 is 33.6. The van der Waals surface area contributed by atoms with Crippen LogP contribution in [0.4, 0.5) is 0 Å². The summed E-state index contributed by atoms with van der Waals surface area (Å²) in [7, 11) is -3.51. The van der Waals surface area contributed by atoms with Gasteiger partial charge in [-0.3, -0.25) is 0 Å². The Hall–Kier alpha value is -1.07. The van der Waals surface area contributed by atoms with E-state index in [2.05, 4.69) is 20.8 Å². The van der Waals surface area contributed by atoms with Crippen molar-refractivity contribution in [1.82, 2.24) is 4.31 Å². The van der Waals surface area contributed by atoms with Gasteiger partial charge in [0.1, 0.15) is 10.6 Å². The Labute approximate surface area is 140 Å². The molecule has 0 spiro atoms. The zero-order valence-electron chi connectivity index (χ0n) is 14.9. The van der Waals surface area contributed by atoms with Crippen molar-refractivity contribution < 1.29 is 13.2 Å². The normalized spacial score (nSPS) is 20.0. The number of benzene rings is 1. The van der Waals surface area contributed by atoms with E-state index in [1.165, 1.54) is 0 Å². The second-order valence-corrected chi connectivity index (χ2v) is 8.76. The highest BCUT2D eigenvalue weighted by molar-refractivity contribution is 7.89. The Kier molecular flexibility index (Phi) is 5.74. The molecule has 1 saturated heterocycles. The predicted molar refractivity (Wildman–Crippen MR) is 93.6 cm³/mol. The van der Waals surface area contributed by atoms with Gasteiger partial charge < -0.3 is 4.74 Å². The molecule has 0 N–H and O–H groups in total. The van der Waals surface area contributed by atoms with Gasteiger partial charge in [0, 0.05) is 13.1 Å². The average Bonchev–Trinajstić information content (AvgIpc) is 2.47. The molecule has 1 heterocycles. The molecular formula is C18H29NO3S. The van der Waals surface area contributed by atoms with E-state index in [0.717, 1.165) is 24.0 Å². The van der Waals surface area contributed by atoms with Crippen LogP contribution in [-0.4, -0.2) is 32.4 Å². The van der Waals surface area contributed by atoms with Crippen LogP contribution in [0.5, 0.6) is 5.75 Å². The van der Waals surface area contributed by atoms with Crippen LogP contribution in [0.1, 0.15) is 57.6 Å². The molecule has 2 rings (SSSR count). The molecule has 4 nitrogen and oxygen atoms in total. The van der Waals surface area contributed by atoms with Gasteiger partial charge in [-0.05, 0) is 61.8 Å². The lowest BCUT2D eigenvalue weighted by Gasteiger charge is -2.31. The minimum atomic E-state index is -3.51. The number of nitrogens with zero attached hydrogens (tertiary/aromatic N) is 1. The summed E-state index contributed by atoms with van der Waals surface area (Å²) in [6.07, 6.45) is 2.02. The quantitative estimate of drug-likeness (QED) is 0.816.